The third kappa shape index (κ3) is 5.05. The molecule has 0 saturated heterocycles. The molecule has 0 saturated carbocycles. The van der Waals surface area contributed by atoms with Crippen LogP contribution in [-0.4, -0.2) is 16.6 Å². The van der Waals surface area contributed by atoms with Crippen molar-refractivity contribution in [3.63, 3.8) is 0 Å². The summed E-state index contributed by atoms with van der Waals surface area (Å²) in [6.07, 6.45) is 2.74. The highest BCUT2D eigenvalue weighted by molar-refractivity contribution is 7.99. The molecule has 29 heavy (non-hydrogen) atoms. The molecule has 0 fully saturated rings. The smallest absolute Gasteiger partial charge is 0.229 e. The van der Waals surface area contributed by atoms with Crippen LogP contribution in [0.2, 0.25) is 0 Å². The fourth-order valence-electron chi connectivity index (χ4n) is 2.88. The maximum Gasteiger partial charge on any atom is 0.229 e. The van der Waals surface area contributed by atoms with Crippen molar-refractivity contribution < 1.29 is 13.6 Å². The van der Waals surface area contributed by atoms with Gasteiger partial charge in [0.15, 0.2) is 5.13 Å². The molecule has 0 aliphatic rings. The van der Waals surface area contributed by atoms with Gasteiger partial charge < -0.3 is 4.42 Å². The topological polar surface area (TPSA) is 46.3 Å². The lowest BCUT2D eigenvalue weighted by Crippen LogP contribution is -2.30. The third-order valence-electron chi connectivity index (χ3n) is 4.33. The van der Waals surface area contributed by atoms with Crippen LogP contribution < -0.4 is 4.90 Å². The summed E-state index contributed by atoms with van der Waals surface area (Å²) in [6, 6.07) is 18.0. The maximum absolute atomic E-state index is 13.0. The molecule has 2 heterocycles. The first-order valence-electron chi connectivity index (χ1n) is 9.26. The van der Waals surface area contributed by atoms with Gasteiger partial charge in [0, 0.05) is 11.3 Å². The van der Waals surface area contributed by atoms with Crippen molar-refractivity contribution in [1.82, 2.24) is 4.98 Å². The Labute approximate surface area is 176 Å². The molecule has 2 aromatic carbocycles. The Morgan fingerprint density at radius 2 is 1.93 bits per heavy atom. The number of nitrogens with zero attached hydrogens (tertiary/aromatic N) is 2. The Morgan fingerprint density at radius 1 is 1.10 bits per heavy atom. The molecule has 2 aromatic heterocycles. The number of para-hydroxylation sites is 1. The van der Waals surface area contributed by atoms with Gasteiger partial charge in [-0.2, -0.15) is 0 Å². The number of amides is 1. The Kier molecular flexibility index (Phi) is 6.27. The van der Waals surface area contributed by atoms with Gasteiger partial charge in [0.2, 0.25) is 5.91 Å². The molecule has 7 heteroatoms. The molecule has 0 spiro atoms. The number of anilines is 1. The van der Waals surface area contributed by atoms with Gasteiger partial charge in [0.05, 0.1) is 23.0 Å². The minimum absolute atomic E-state index is 0.0140. The Bertz CT molecular complexity index is 1040. The predicted molar refractivity (Wildman–Crippen MR) is 116 cm³/mol. The number of fused-ring (bicyclic) bond motifs is 1. The summed E-state index contributed by atoms with van der Waals surface area (Å²) in [7, 11) is 0. The Morgan fingerprint density at radius 3 is 2.69 bits per heavy atom. The first-order valence-corrected chi connectivity index (χ1v) is 11.1. The molecule has 4 nitrogen and oxygen atoms in total. The second kappa shape index (κ2) is 9.24. The third-order valence-corrected chi connectivity index (χ3v) is 6.48. The normalized spacial score (nSPS) is 11.1. The van der Waals surface area contributed by atoms with Gasteiger partial charge in [-0.05, 0) is 60.7 Å². The van der Waals surface area contributed by atoms with E-state index >= 15 is 0 Å². The molecule has 0 atom stereocenters. The van der Waals surface area contributed by atoms with Crippen molar-refractivity contribution in [2.45, 2.75) is 24.3 Å². The zero-order valence-electron chi connectivity index (χ0n) is 15.6. The molecular formula is C22H19FN2O2S2. The fourth-order valence-corrected chi connectivity index (χ4v) is 4.71. The first-order chi connectivity index (χ1) is 14.2. The summed E-state index contributed by atoms with van der Waals surface area (Å²) in [6.45, 7) is 0.358. The van der Waals surface area contributed by atoms with Gasteiger partial charge in [-0.3, -0.25) is 9.69 Å². The van der Waals surface area contributed by atoms with Crippen molar-refractivity contribution in [1.29, 1.82) is 0 Å². The Hall–Kier alpha value is -2.64. The highest BCUT2D eigenvalue weighted by Gasteiger charge is 2.21. The van der Waals surface area contributed by atoms with Gasteiger partial charge in [-0.1, -0.05) is 23.5 Å². The van der Waals surface area contributed by atoms with E-state index in [4.69, 9.17) is 4.42 Å². The van der Waals surface area contributed by atoms with Crippen LogP contribution in [0.4, 0.5) is 9.52 Å². The van der Waals surface area contributed by atoms with E-state index < -0.39 is 0 Å². The molecule has 0 aliphatic heterocycles. The number of furan rings is 1. The number of halogens is 1. The average molecular weight is 427 g/mol. The summed E-state index contributed by atoms with van der Waals surface area (Å²) >= 11 is 3.12. The van der Waals surface area contributed by atoms with Crippen LogP contribution in [0.1, 0.15) is 18.6 Å². The number of rotatable bonds is 8. The standard InChI is InChI=1S/C22H19FN2O2S2/c23-16-9-11-18(12-10-16)28-14-4-8-21(26)25(15-17-5-3-13-27-17)22-24-19-6-1-2-7-20(19)29-22/h1-3,5-7,9-13H,4,8,14-15H2. The minimum atomic E-state index is -0.242. The van der Waals surface area contributed by atoms with Crippen molar-refractivity contribution >= 4 is 44.4 Å². The summed E-state index contributed by atoms with van der Waals surface area (Å²) in [5.74, 6) is 1.28. The zero-order valence-corrected chi connectivity index (χ0v) is 17.2. The van der Waals surface area contributed by atoms with Gasteiger partial charge in [0.25, 0.3) is 0 Å². The number of thioether (sulfide) groups is 1. The average Bonchev–Trinajstić information content (AvgIpc) is 3.40. The van der Waals surface area contributed by atoms with E-state index in [0.29, 0.717) is 18.1 Å². The molecule has 0 radical (unpaired) electrons. The molecular weight excluding hydrogens is 407 g/mol. The van der Waals surface area contributed by atoms with E-state index in [2.05, 4.69) is 4.98 Å². The number of carbonyl (C=O) groups excluding carboxylic acids is 1. The van der Waals surface area contributed by atoms with Gasteiger partial charge in [-0.25, -0.2) is 9.37 Å². The molecule has 148 valence electrons. The summed E-state index contributed by atoms with van der Waals surface area (Å²) in [4.78, 5) is 20.3. The number of hydrogen-bond acceptors (Lipinski definition) is 5. The zero-order chi connectivity index (χ0) is 20.1. The van der Waals surface area contributed by atoms with Crippen molar-refractivity contribution in [2.24, 2.45) is 0 Å². The molecule has 0 N–H and O–H groups in total. The van der Waals surface area contributed by atoms with E-state index in [9.17, 15) is 9.18 Å². The summed E-state index contributed by atoms with van der Waals surface area (Å²) in [5.41, 5.74) is 0.886. The maximum atomic E-state index is 13.0. The number of aromatic nitrogens is 1. The van der Waals surface area contributed by atoms with E-state index in [-0.39, 0.29) is 11.7 Å². The first kappa shape index (κ1) is 19.7. The lowest BCUT2D eigenvalue weighted by Gasteiger charge is -2.18. The van der Waals surface area contributed by atoms with Crippen LogP contribution in [0.3, 0.4) is 0 Å². The van der Waals surface area contributed by atoms with E-state index in [1.54, 1.807) is 35.1 Å². The molecule has 4 aromatic rings. The van der Waals surface area contributed by atoms with Crippen LogP contribution in [0, 0.1) is 5.82 Å². The number of thiazole rings is 1. The van der Waals surface area contributed by atoms with E-state index in [1.807, 2.05) is 36.4 Å². The van der Waals surface area contributed by atoms with Crippen LogP contribution in [0.5, 0.6) is 0 Å². The molecule has 0 unspecified atom stereocenters. The molecule has 0 aliphatic carbocycles. The lowest BCUT2D eigenvalue weighted by atomic mass is 10.3. The minimum Gasteiger partial charge on any atom is -0.467 e. The van der Waals surface area contributed by atoms with Crippen molar-refractivity contribution in [3.05, 3.63) is 78.5 Å². The van der Waals surface area contributed by atoms with E-state index in [1.165, 1.54) is 23.5 Å². The highest BCUT2D eigenvalue weighted by atomic mass is 32.2. The number of carbonyl (C=O) groups is 1. The second-order valence-electron chi connectivity index (χ2n) is 6.43. The summed E-state index contributed by atoms with van der Waals surface area (Å²) in [5, 5.41) is 0.679. The quantitative estimate of drug-likeness (QED) is 0.251. The van der Waals surface area contributed by atoms with Crippen molar-refractivity contribution in [2.75, 3.05) is 10.7 Å². The van der Waals surface area contributed by atoms with Crippen LogP contribution in [0.25, 0.3) is 10.2 Å². The monoisotopic (exact) mass is 426 g/mol. The molecule has 1 amide bonds. The van der Waals surface area contributed by atoms with Crippen molar-refractivity contribution in [3.8, 4) is 0 Å². The van der Waals surface area contributed by atoms with Gasteiger partial charge >= 0.3 is 0 Å². The Balaban J connectivity index is 1.42. The number of hydrogen-bond donors (Lipinski definition) is 0. The van der Waals surface area contributed by atoms with Crippen LogP contribution in [-0.2, 0) is 11.3 Å². The van der Waals surface area contributed by atoms with Crippen LogP contribution >= 0.6 is 23.1 Å². The van der Waals surface area contributed by atoms with Crippen LogP contribution in [0.15, 0.2) is 76.2 Å². The largest absolute Gasteiger partial charge is 0.467 e. The highest BCUT2D eigenvalue weighted by Crippen LogP contribution is 2.30. The number of benzene rings is 2. The van der Waals surface area contributed by atoms with Gasteiger partial charge in [0.1, 0.15) is 11.6 Å². The predicted octanol–water partition coefficient (Wildman–Crippen LogP) is 6.13. The molecule has 0 bridgehead atoms. The second-order valence-corrected chi connectivity index (χ2v) is 8.61. The molecule has 4 rings (SSSR count). The lowest BCUT2D eigenvalue weighted by molar-refractivity contribution is -0.118. The summed E-state index contributed by atoms with van der Waals surface area (Å²) < 4.78 is 19.5. The SMILES string of the molecule is O=C(CCCSc1ccc(F)cc1)N(Cc1ccco1)c1nc2ccccc2s1. The van der Waals surface area contributed by atoms with Gasteiger partial charge in [-0.15, -0.1) is 11.8 Å². The fraction of sp³-hybridized carbons (Fsp3) is 0.182. The van der Waals surface area contributed by atoms with E-state index in [0.717, 1.165) is 33.0 Å².